The van der Waals surface area contributed by atoms with Gasteiger partial charge in [0.15, 0.2) is 0 Å². The quantitative estimate of drug-likeness (QED) is 0.753. The number of rotatable bonds is 8. The predicted octanol–water partition coefficient (Wildman–Crippen LogP) is 3.75. The van der Waals surface area contributed by atoms with Crippen molar-refractivity contribution < 1.29 is 4.79 Å². The maximum absolute atomic E-state index is 12.5. The van der Waals surface area contributed by atoms with Gasteiger partial charge in [0.05, 0.1) is 6.04 Å². The van der Waals surface area contributed by atoms with E-state index in [-0.39, 0.29) is 11.9 Å². The molecule has 3 rings (SSSR count). The van der Waals surface area contributed by atoms with E-state index in [2.05, 4.69) is 34.3 Å². The van der Waals surface area contributed by atoms with Crippen molar-refractivity contribution in [2.75, 3.05) is 19.6 Å². The molecule has 1 aliphatic rings. The Bertz CT molecular complexity index is 722. The van der Waals surface area contributed by atoms with E-state index in [4.69, 9.17) is 11.6 Å². The summed E-state index contributed by atoms with van der Waals surface area (Å²) >= 11 is 6.40. The number of aromatic amines is 1. The molecule has 1 aromatic carbocycles. The van der Waals surface area contributed by atoms with Crippen LogP contribution in [0.1, 0.15) is 60.4 Å². The third-order valence-electron chi connectivity index (χ3n) is 4.82. The zero-order valence-electron chi connectivity index (χ0n) is 14.8. The molecule has 1 aliphatic carbocycles. The lowest BCUT2D eigenvalue weighted by Crippen LogP contribution is -2.38. The second kappa shape index (κ2) is 8.02. The zero-order chi connectivity index (χ0) is 17.8. The number of aromatic nitrogens is 2. The Labute approximate surface area is 153 Å². The highest BCUT2D eigenvalue weighted by Crippen LogP contribution is 2.39. The van der Waals surface area contributed by atoms with Gasteiger partial charge in [-0.3, -0.25) is 14.8 Å². The number of amides is 1. The molecule has 6 heteroatoms. The van der Waals surface area contributed by atoms with Gasteiger partial charge in [-0.15, -0.1) is 0 Å². The van der Waals surface area contributed by atoms with Gasteiger partial charge in [0.2, 0.25) is 0 Å². The van der Waals surface area contributed by atoms with Crippen LogP contribution in [-0.4, -0.2) is 40.6 Å². The van der Waals surface area contributed by atoms with Crippen LogP contribution in [0.5, 0.6) is 0 Å². The highest BCUT2D eigenvalue weighted by Gasteiger charge is 2.27. The summed E-state index contributed by atoms with van der Waals surface area (Å²) in [6, 6.07) is 9.73. The van der Waals surface area contributed by atoms with Crippen LogP contribution in [0.3, 0.4) is 0 Å². The predicted molar refractivity (Wildman–Crippen MR) is 100 cm³/mol. The maximum Gasteiger partial charge on any atom is 0.271 e. The Hall–Kier alpha value is -1.85. The fraction of sp³-hybridized carbons (Fsp3) is 0.474. The number of hydrogen-bond acceptors (Lipinski definition) is 3. The number of nitrogens with one attached hydrogen (secondary N) is 2. The maximum atomic E-state index is 12.5. The van der Waals surface area contributed by atoms with Crippen LogP contribution < -0.4 is 5.32 Å². The van der Waals surface area contributed by atoms with E-state index in [1.807, 2.05) is 30.3 Å². The molecule has 0 aliphatic heterocycles. The average molecular weight is 361 g/mol. The molecule has 0 bridgehead atoms. The molecule has 0 unspecified atom stereocenters. The first-order chi connectivity index (χ1) is 12.1. The standard InChI is InChI=1S/C19H25ClN4O/c1-3-24(4-2)18(14-7-5-6-8-15(14)20)12-21-19(25)17-11-16(22-23-17)13-9-10-13/h5-8,11,13,18H,3-4,9-10,12H2,1-2H3,(H,21,25)(H,22,23)/t18-/m1/s1. The van der Waals surface area contributed by atoms with Crippen LogP contribution >= 0.6 is 11.6 Å². The summed E-state index contributed by atoms with van der Waals surface area (Å²) in [5.41, 5.74) is 2.56. The molecule has 2 aromatic rings. The van der Waals surface area contributed by atoms with Crippen LogP contribution in [0.25, 0.3) is 0 Å². The second-order valence-corrected chi connectivity index (χ2v) is 6.86. The Morgan fingerprint density at radius 1 is 1.36 bits per heavy atom. The minimum Gasteiger partial charge on any atom is -0.349 e. The van der Waals surface area contributed by atoms with Crippen molar-refractivity contribution in [2.24, 2.45) is 0 Å². The van der Waals surface area contributed by atoms with Gasteiger partial charge < -0.3 is 5.32 Å². The van der Waals surface area contributed by atoms with Gasteiger partial charge in [0.1, 0.15) is 5.69 Å². The Balaban J connectivity index is 1.71. The summed E-state index contributed by atoms with van der Waals surface area (Å²) < 4.78 is 0. The number of H-pyrrole nitrogens is 1. The minimum atomic E-state index is -0.146. The lowest BCUT2D eigenvalue weighted by molar-refractivity contribution is 0.0930. The van der Waals surface area contributed by atoms with Gasteiger partial charge in [-0.2, -0.15) is 5.10 Å². The molecule has 25 heavy (non-hydrogen) atoms. The first-order valence-corrected chi connectivity index (χ1v) is 9.33. The number of hydrogen-bond donors (Lipinski definition) is 2. The molecule has 1 heterocycles. The molecule has 2 N–H and O–H groups in total. The Morgan fingerprint density at radius 3 is 2.72 bits per heavy atom. The number of carbonyl (C=O) groups is 1. The number of nitrogens with zero attached hydrogens (tertiary/aromatic N) is 2. The van der Waals surface area contributed by atoms with E-state index >= 15 is 0 Å². The van der Waals surface area contributed by atoms with Gasteiger partial charge in [-0.1, -0.05) is 43.6 Å². The largest absolute Gasteiger partial charge is 0.349 e. The highest BCUT2D eigenvalue weighted by molar-refractivity contribution is 6.31. The SMILES string of the molecule is CCN(CC)[C@H](CNC(=O)c1cc(C2CC2)[nH]n1)c1ccccc1Cl. The van der Waals surface area contributed by atoms with Crippen molar-refractivity contribution in [3.8, 4) is 0 Å². The van der Waals surface area contributed by atoms with Crippen molar-refractivity contribution in [1.29, 1.82) is 0 Å². The third-order valence-corrected chi connectivity index (χ3v) is 5.17. The molecule has 1 fully saturated rings. The van der Waals surface area contributed by atoms with Crippen molar-refractivity contribution in [1.82, 2.24) is 20.4 Å². The van der Waals surface area contributed by atoms with E-state index in [1.54, 1.807) is 0 Å². The van der Waals surface area contributed by atoms with Crippen molar-refractivity contribution in [3.05, 3.63) is 52.3 Å². The minimum absolute atomic E-state index is 0.0366. The van der Waals surface area contributed by atoms with E-state index in [1.165, 1.54) is 12.8 Å². The van der Waals surface area contributed by atoms with Crippen LogP contribution in [0.4, 0.5) is 0 Å². The first kappa shape index (κ1) is 18.0. The molecule has 1 aromatic heterocycles. The third kappa shape index (κ3) is 4.22. The van der Waals surface area contributed by atoms with Gasteiger partial charge in [0, 0.05) is 23.2 Å². The van der Waals surface area contributed by atoms with Crippen LogP contribution in [0.15, 0.2) is 30.3 Å². The fourth-order valence-corrected chi connectivity index (χ4v) is 3.44. The Kier molecular flexibility index (Phi) is 5.76. The molecule has 0 radical (unpaired) electrons. The molecule has 1 atom stereocenters. The normalized spacial score (nSPS) is 15.4. The number of likely N-dealkylation sites (N-methyl/N-ethyl adjacent to an activating group) is 1. The van der Waals surface area contributed by atoms with E-state index < -0.39 is 0 Å². The summed E-state index contributed by atoms with van der Waals surface area (Å²) in [5, 5.41) is 10.9. The fourth-order valence-electron chi connectivity index (χ4n) is 3.18. The summed E-state index contributed by atoms with van der Waals surface area (Å²) in [5.74, 6) is 0.410. The molecular weight excluding hydrogens is 336 g/mol. The topological polar surface area (TPSA) is 61.0 Å². The molecule has 1 amide bonds. The first-order valence-electron chi connectivity index (χ1n) is 8.96. The van der Waals surface area contributed by atoms with E-state index in [9.17, 15) is 4.79 Å². The van der Waals surface area contributed by atoms with Gasteiger partial charge >= 0.3 is 0 Å². The van der Waals surface area contributed by atoms with Crippen molar-refractivity contribution in [3.63, 3.8) is 0 Å². The van der Waals surface area contributed by atoms with Crippen LogP contribution in [-0.2, 0) is 0 Å². The zero-order valence-corrected chi connectivity index (χ0v) is 15.5. The summed E-state index contributed by atoms with van der Waals surface area (Å²) in [7, 11) is 0. The summed E-state index contributed by atoms with van der Waals surface area (Å²) in [4.78, 5) is 14.8. The molecule has 0 spiro atoms. The molecule has 0 saturated heterocycles. The second-order valence-electron chi connectivity index (χ2n) is 6.45. The van der Waals surface area contributed by atoms with Crippen LogP contribution in [0, 0.1) is 0 Å². The smallest absolute Gasteiger partial charge is 0.271 e. The van der Waals surface area contributed by atoms with E-state index in [0.29, 0.717) is 18.2 Å². The lowest BCUT2D eigenvalue weighted by atomic mass is 10.0. The monoisotopic (exact) mass is 360 g/mol. The number of halogens is 1. The molecule has 1 saturated carbocycles. The summed E-state index contributed by atoms with van der Waals surface area (Å²) in [6.07, 6.45) is 2.36. The number of benzene rings is 1. The number of carbonyl (C=O) groups excluding carboxylic acids is 1. The van der Waals surface area contributed by atoms with Gasteiger partial charge in [0.25, 0.3) is 5.91 Å². The van der Waals surface area contributed by atoms with E-state index in [0.717, 1.165) is 29.4 Å². The van der Waals surface area contributed by atoms with Gasteiger partial charge in [-0.25, -0.2) is 0 Å². The van der Waals surface area contributed by atoms with Crippen molar-refractivity contribution >= 4 is 17.5 Å². The summed E-state index contributed by atoms with van der Waals surface area (Å²) in [6.45, 7) is 6.50. The molecule has 5 nitrogen and oxygen atoms in total. The van der Waals surface area contributed by atoms with Gasteiger partial charge in [-0.05, 0) is 43.6 Å². The van der Waals surface area contributed by atoms with Crippen LogP contribution in [0.2, 0.25) is 5.02 Å². The average Bonchev–Trinajstić information content (AvgIpc) is 3.36. The Morgan fingerprint density at radius 2 is 2.08 bits per heavy atom. The molecular formula is C19H25ClN4O. The van der Waals surface area contributed by atoms with Crippen molar-refractivity contribution in [2.45, 2.75) is 38.6 Å². The molecule has 134 valence electrons. The highest BCUT2D eigenvalue weighted by atomic mass is 35.5. The lowest BCUT2D eigenvalue weighted by Gasteiger charge is -2.30.